The van der Waals surface area contributed by atoms with Gasteiger partial charge in [0.2, 0.25) is 0 Å². The minimum absolute atomic E-state index is 0.0407. The zero-order valence-electron chi connectivity index (χ0n) is 11.3. The van der Waals surface area contributed by atoms with E-state index in [0.29, 0.717) is 11.4 Å². The van der Waals surface area contributed by atoms with E-state index in [1.54, 1.807) is 12.3 Å². The Labute approximate surface area is 122 Å². The predicted molar refractivity (Wildman–Crippen MR) is 76.9 cm³/mol. The number of carbonyl (C=O) groups is 1. The van der Waals surface area contributed by atoms with Crippen molar-refractivity contribution in [2.75, 3.05) is 5.73 Å². The number of aryl methyl sites for hydroxylation is 1. The van der Waals surface area contributed by atoms with Crippen molar-refractivity contribution in [1.82, 2.24) is 9.29 Å². The van der Waals surface area contributed by atoms with Gasteiger partial charge in [0.1, 0.15) is 4.90 Å². The molecule has 0 fully saturated rings. The van der Waals surface area contributed by atoms with Gasteiger partial charge in [-0.25, -0.2) is 12.7 Å². The van der Waals surface area contributed by atoms with E-state index >= 15 is 0 Å². The number of anilines is 1. The summed E-state index contributed by atoms with van der Waals surface area (Å²) in [6.45, 7) is 1.74. The maximum Gasteiger partial charge on any atom is 0.269 e. The molecule has 0 saturated heterocycles. The van der Waals surface area contributed by atoms with Crippen LogP contribution in [-0.2, 0) is 16.6 Å². The van der Waals surface area contributed by atoms with E-state index in [4.69, 9.17) is 5.73 Å². The SMILES string of the molecule is Cc1cccnc1CN1C(=O)c2ccc(N)cc2S1(=O)=O. The molecule has 0 radical (unpaired) electrons. The first-order valence-electron chi connectivity index (χ1n) is 6.28. The van der Waals surface area contributed by atoms with Crippen LogP contribution in [0.4, 0.5) is 5.69 Å². The maximum atomic E-state index is 12.5. The van der Waals surface area contributed by atoms with Gasteiger partial charge in [-0.1, -0.05) is 6.07 Å². The largest absolute Gasteiger partial charge is 0.399 e. The van der Waals surface area contributed by atoms with Crippen molar-refractivity contribution in [3.05, 3.63) is 53.3 Å². The van der Waals surface area contributed by atoms with Crippen LogP contribution in [0.2, 0.25) is 0 Å². The smallest absolute Gasteiger partial charge is 0.269 e. The second-order valence-electron chi connectivity index (χ2n) is 4.84. The zero-order valence-corrected chi connectivity index (χ0v) is 12.1. The standard InChI is InChI=1S/C14H13N3O3S/c1-9-3-2-6-16-12(9)8-17-14(18)11-5-4-10(15)7-13(11)21(17,19)20/h2-7H,8,15H2,1H3. The van der Waals surface area contributed by atoms with Gasteiger partial charge in [-0.15, -0.1) is 0 Å². The van der Waals surface area contributed by atoms with Gasteiger partial charge in [-0.3, -0.25) is 9.78 Å². The van der Waals surface area contributed by atoms with Crippen LogP contribution >= 0.6 is 0 Å². The fourth-order valence-corrected chi connectivity index (χ4v) is 3.83. The van der Waals surface area contributed by atoms with Gasteiger partial charge in [0.15, 0.2) is 0 Å². The molecule has 0 spiro atoms. The van der Waals surface area contributed by atoms with Crippen LogP contribution in [0.5, 0.6) is 0 Å². The molecule has 0 bridgehead atoms. The Kier molecular flexibility index (Phi) is 2.94. The first-order chi connectivity index (χ1) is 9.91. The Balaban J connectivity index is 2.07. The van der Waals surface area contributed by atoms with Gasteiger partial charge < -0.3 is 5.73 Å². The van der Waals surface area contributed by atoms with E-state index in [1.165, 1.54) is 18.2 Å². The van der Waals surface area contributed by atoms with Crippen LogP contribution in [0, 0.1) is 6.92 Å². The number of nitrogen functional groups attached to an aromatic ring is 1. The Morgan fingerprint density at radius 3 is 2.76 bits per heavy atom. The van der Waals surface area contributed by atoms with Crippen molar-refractivity contribution >= 4 is 21.6 Å². The van der Waals surface area contributed by atoms with Gasteiger partial charge in [0.05, 0.1) is 17.8 Å². The molecule has 7 heteroatoms. The molecule has 1 aliphatic heterocycles. The van der Waals surface area contributed by atoms with Crippen molar-refractivity contribution < 1.29 is 13.2 Å². The van der Waals surface area contributed by atoms with Crippen LogP contribution < -0.4 is 5.73 Å². The third kappa shape index (κ3) is 2.06. The number of benzene rings is 1. The highest BCUT2D eigenvalue weighted by Gasteiger charge is 2.41. The van der Waals surface area contributed by atoms with Crippen LogP contribution in [0.15, 0.2) is 41.4 Å². The molecule has 0 unspecified atom stereocenters. The Morgan fingerprint density at radius 1 is 1.29 bits per heavy atom. The van der Waals surface area contributed by atoms with Crippen LogP contribution in [0.25, 0.3) is 0 Å². The number of nitrogens with two attached hydrogens (primary N) is 1. The van der Waals surface area contributed by atoms with Gasteiger partial charge >= 0.3 is 0 Å². The number of aromatic nitrogens is 1. The summed E-state index contributed by atoms with van der Waals surface area (Å²) in [6.07, 6.45) is 1.57. The molecule has 3 rings (SSSR count). The number of amides is 1. The first kappa shape index (κ1) is 13.6. The molecule has 1 amide bonds. The van der Waals surface area contributed by atoms with Crippen molar-refractivity contribution in [2.45, 2.75) is 18.4 Å². The monoisotopic (exact) mass is 303 g/mol. The van der Waals surface area contributed by atoms with E-state index in [-0.39, 0.29) is 17.0 Å². The summed E-state index contributed by atoms with van der Waals surface area (Å²) in [5.41, 5.74) is 7.45. The number of sulfonamides is 1. The molecule has 108 valence electrons. The third-order valence-corrected chi connectivity index (χ3v) is 5.21. The van der Waals surface area contributed by atoms with Crippen LogP contribution in [0.1, 0.15) is 21.6 Å². The van der Waals surface area contributed by atoms with Gasteiger partial charge in [0, 0.05) is 11.9 Å². The van der Waals surface area contributed by atoms with Crippen molar-refractivity contribution in [3.63, 3.8) is 0 Å². The normalized spacial score (nSPS) is 16.0. The number of rotatable bonds is 2. The summed E-state index contributed by atoms with van der Waals surface area (Å²) in [4.78, 5) is 16.4. The molecule has 1 aromatic heterocycles. The minimum Gasteiger partial charge on any atom is -0.399 e. The quantitative estimate of drug-likeness (QED) is 0.844. The van der Waals surface area contributed by atoms with Crippen molar-refractivity contribution in [3.8, 4) is 0 Å². The summed E-state index contributed by atoms with van der Waals surface area (Å²) in [7, 11) is -3.87. The fourth-order valence-electron chi connectivity index (χ4n) is 2.27. The molecule has 6 nitrogen and oxygen atoms in total. The molecule has 0 aliphatic carbocycles. The minimum atomic E-state index is -3.87. The number of carbonyl (C=O) groups excluding carboxylic acids is 1. The summed E-state index contributed by atoms with van der Waals surface area (Å²) in [6, 6.07) is 7.85. The van der Waals surface area contributed by atoms with E-state index in [9.17, 15) is 13.2 Å². The van der Waals surface area contributed by atoms with Gasteiger partial charge in [-0.2, -0.15) is 0 Å². The third-order valence-electron chi connectivity index (χ3n) is 3.44. The first-order valence-corrected chi connectivity index (χ1v) is 7.72. The fraction of sp³-hybridized carbons (Fsp3) is 0.143. The summed E-state index contributed by atoms with van der Waals surface area (Å²) in [5, 5.41) is 0. The highest BCUT2D eigenvalue weighted by molar-refractivity contribution is 7.90. The zero-order chi connectivity index (χ0) is 15.2. The Hall–Kier alpha value is -2.41. The molecule has 0 atom stereocenters. The van der Waals surface area contributed by atoms with Crippen molar-refractivity contribution in [2.24, 2.45) is 0 Å². The lowest BCUT2D eigenvalue weighted by atomic mass is 10.2. The van der Waals surface area contributed by atoms with Crippen molar-refractivity contribution in [1.29, 1.82) is 0 Å². The highest BCUT2D eigenvalue weighted by atomic mass is 32.2. The molecule has 21 heavy (non-hydrogen) atoms. The maximum absolute atomic E-state index is 12.5. The molecule has 2 heterocycles. The van der Waals surface area contributed by atoms with E-state index in [0.717, 1.165) is 9.87 Å². The average Bonchev–Trinajstić information content (AvgIpc) is 2.62. The second kappa shape index (κ2) is 4.56. The number of hydrogen-bond donors (Lipinski definition) is 1. The summed E-state index contributed by atoms with van der Waals surface area (Å²) in [5.74, 6) is -0.546. The predicted octanol–water partition coefficient (Wildman–Crippen LogP) is 1.32. The molecule has 2 N–H and O–H groups in total. The summed E-state index contributed by atoms with van der Waals surface area (Å²) < 4.78 is 25.8. The molecule has 1 aliphatic rings. The average molecular weight is 303 g/mol. The van der Waals surface area contributed by atoms with Crippen LogP contribution in [-0.4, -0.2) is 23.6 Å². The molecule has 2 aromatic rings. The second-order valence-corrected chi connectivity index (χ2v) is 6.67. The number of fused-ring (bicyclic) bond motifs is 1. The topological polar surface area (TPSA) is 93.4 Å². The molecular formula is C14H13N3O3S. The van der Waals surface area contributed by atoms with E-state index in [2.05, 4.69) is 4.98 Å². The molecule has 1 aromatic carbocycles. The molecular weight excluding hydrogens is 290 g/mol. The lowest BCUT2D eigenvalue weighted by molar-refractivity contribution is 0.0864. The van der Waals surface area contributed by atoms with Crippen LogP contribution in [0.3, 0.4) is 0 Å². The number of hydrogen-bond acceptors (Lipinski definition) is 5. The van der Waals surface area contributed by atoms with E-state index < -0.39 is 15.9 Å². The molecule has 0 saturated carbocycles. The highest BCUT2D eigenvalue weighted by Crippen LogP contribution is 2.32. The van der Waals surface area contributed by atoms with E-state index in [1.807, 2.05) is 13.0 Å². The van der Waals surface area contributed by atoms with Gasteiger partial charge in [-0.05, 0) is 36.8 Å². The Morgan fingerprint density at radius 2 is 2.05 bits per heavy atom. The number of nitrogens with zero attached hydrogens (tertiary/aromatic N) is 2. The lowest BCUT2D eigenvalue weighted by Crippen LogP contribution is -2.30. The Bertz CT molecular complexity index is 846. The van der Waals surface area contributed by atoms with Gasteiger partial charge in [0.25, 0.3) is 15.9 Å². The lowest BCUT2D eigenvalue weighted by Gasteiger charge is -2.15. The number of pyridine rings is 1. The summed E-state index contributed by atoms with van der Waals surface area (Å²) >= 11 is 0.